The molecule has 90 valence electrons. The van der Waals surface area contributed by atoms with E-state index in [1.807, 2.05) is 0 Å². The van der Waals surface area contributed by atoms with Crippen LogP contribution in [0.4, 0.5) is 4.39 Å². The summed E-state index contributed by atoms with van der Waals surface area (Å²) in [5.74, 6) is -2.16. The van der Waals surface area contributed by atoms with Crippen LogP contribution in [0.15, 0.2) is 12.1 Å². The van der Waals surface area contributed by atoms with Gasteiger partial charge in [-0.1, -0.05) is 6.07 Å². The summed E-state index contributed by atoms with van der Waals surface area (Å²) < 4.78 is 13.5. The minimum Gasteiger partial charge on any atom is -0.478 e. The maximum atomic E-state index is 13.5. The van der Waals surface area contributed by atoms with E-state index in [0.29, 0.717) is 18.5 Å². The van der Waals surface area contributed by atoms with Crippen molar-refractivity contribution in [2.24, 2.45) is 0 Å². The second-order valence-corrected chi connectivity index (χ2v) is 4.06. The molecule has 0 spiro atoms. The molecule has 0 fully saturated rings. The lowest BCUT2D eigenvalue weighted by molar-refractivity contribution is -0.129. The molecule has 5 heteroatoms. The van der Waals surface area contributed by atoms with E-state index in [1.165, 1.54) is 17.9 Å². The standard InChI is InChI=1S/C12H12FNO3/c1-7(15)14-5-4-8-2-3-10(13)11(12(16)17)9(8)6-14/h2-3H,4-6H2,1H3,(H,16,17). The van der Waals surface area contributed by atoms with E-state index >= 15 is 0 Å². The van der Waals surface area contributed by atoms with Crippen molar-refractivity contribution in [3.8, 4) is 0 Å². The summed E-state index contributed by atoms with van der Waals surface area (Å²) in [5.41, 5.74) is 0.911. The largest absolute Gasteiger partial charge is 0.478 e. The molecule has 1 N–H and O–H groups in total. The minimum atomic E-state index is -1.29. The Labute approximate surface area is 97.7 Å². The number of aromatic carboxylic acids is 1. The van der Waals surface area contributed by atoms with Gasteiger partial charge >= 0.3 is 5.97 Å². The highest BCUT2D eigenvalue weighted by atomic mass is 19.1. The molecule has 1 aromatic rings. The number of fused-ring (bicyclic) bond motifs is 1. The normalized spacial score (nSPS) is 14.4. The quantitative estimate of drug-likeness (QED) is 0.803. The van der Waals surface area contributed by atoms with E-state index < -0.39 is 11.8 Å². The van der Waals surface area contributed by atoms with Crippen molar-refractivity contribution < 1.29 is 19.1 Å². The number of benzene rings is 1. The Morgan fingerprint density at radius 1 is 1.41 bits per heavy atom. The number of amides is 1. The molecular weight excluding hydrogens is 225 g/mol. The van der Waals surface area contributed by atoms with Gasteiger partial charge in [-0.15, -0.1) is 0 Å². The average molecular weight is 237 g/mol. The zero-order valence-electron chi connectivity index (χ0n) is 9.36. The molecule has 2 rings (SSSR count). The van der Waals surface area contributed by atoms with Crippen LogP contribution in [0.3, 0.4) is 0 Å². The van der Waals surface area contributed by atoms with Crippen LogP contribution in [0.5, 0.6) is 0 Å². The Balaban J connectivity index is 2.50. The van der Waals surface area contributed by atoms with Gasteiger partial charge in [-0.3, -0.25) is 4.79 Å². The van der Waals surface area contributed by atoms with E-state index in [2.05, 4.69) is 0 Å². The SMILES string of the molecule is CC(=O)N1CCc2ccc(F)c(C(=O)O)c2C1. The molecule has 1 heterocycles. The summed E-state index contributed by atoms with van der Waals surface area (Å²) in [6.07, 6.45) is 0.565. The fraction of sp³-hybridized carbons (Fsp3) is 0.333. The number of carbonyl (C=O) groups is 2. The van der Waals surface area contributed by atoms with E-state index in [4.69, 9.17) is 5.11 Å². The number of carboxylic acid groups (broad SMARTS) is 1. The molecule has 0 aromatic heterocycles. The lowest BCUT2D eigenvalue weighted by Crippen LogP contribution is -2.35. The zero-order valence-corrected chi connectivity index (χ0v) is 9.36. The van der Waals surface area contributed by atoms with E-state index in [0.717, 1.165) is 5.56 Å². The molecule has 1 aliphatic rings. The number of halogens is 1. The second kappa shape index (κ2) is 4.16. The molecule has 1 aliphatic heterocycles. The van der Waals surface area contributed by atoms with Gasteiger partial charge in [-0.2, -0.15) is 0 Å². The number of rotatable bonds is 1. The van der Waals surface area contributed by atoms with Gasteiger partial charge in [0.1, 0.15) is 11.4 Å². The molecule has 0 radical (unpaired) electrons. The molecule has 0 saturated carbocycles. The van der Waals surface area contributed by atoms with Gasteiger partial charge in [0.05, 0.1) is 0 Å². The third kappa shape index (κ3) is 2.00. The number of nitrogens with zero attached hydrogens (tertiary/aromatic N) is 1. The van der Waals surface area contributed by atoms with Crippen molar-refractivity contribution in [2.75, 3.05) is 6.54 Å². The minimum absolute atomic E-state index is 0.128. The van der Waals surface area contributed by atoms with Gasteiger partial charge in [0.25, 0.3) is 0 Å². The number of hydrogen-bond donors (Lipinski definition) is 1. The highest BCUT2D eigenvalue weighted by Gasteiger charge is 2.25. The summed E-state index contributed by atoms with van der Waals surface area (Å²) in [5, 5.41) is 9.00. The molecule has 4 nitrogen and oxygen atoms in total. The summed E-state index contributed by atoms with van der Waals surface area (Å²) in [6.45, 7) is 2.14. The first-order chi connectivity index (χ1) is 8.00. The summed E-state index contributed by atoms with van der Waals surface area (Å²) >= 11 is 0. The van der Waals surface area contributed by atoms with Crippen molar-refractivity contribution >= 4 is 11.9 Å². The third-order valence-corrected chi connectivity index (χ3v) is 3.02. The molecule has 17 heavy (non-hydrogen) atoms. The number of carboxylic acids is 1. The van der Waals surface area contributed by atoms with Crippen LogP contribution in [0, 0.1) is 5.82 Å². The highest BCUT2D eigenvalue weighted by molar-refractivity contribution is 5.90. The fourth-order valence-electron chi connectivity index (χ4n) is 2.10. The van der Waals surface area contributed by atoms with Crippen LogP contribution in [0.2, 0.25) is 0 Å². The van der Waals surface area contributed by atoms with Crippen LogP contribution in [0.1, 0.15) is 28.4 Å². The Morgan fingerprint density at radius 2 is 2.12 bits per heavy atom. The Hall–Kier alpha value is -1.91. The van der Waals surface area contributed by atoms with Gasteiger partial charge in [-0.05, 0) is 23.6 Å². The lowest BCUT2D eigenvalue weighted by Gasteiger charge is -2.29. The zero-order chi connectivity index (χ0) is 12.6. The van der Waals surface area contributed by atoms with Crippen LogP contribution in [-0.2, 0) is 17.8 Å². The Morgan fingerprint density at radius 3 is 2.71 bits per heavy atom. The van der Waals surface area contributed by atoms with Gasteiger partial charge in [0.2, 0.25) is 5.91 Å². The van der Waals surface area contributed by atoms with Crippen LogP contribution >= 0.6 is 0 Å². The number of hydrogen-bond acceptors (Lipinski definition) is 2. The molecule has 0 saturated heterocycles. The van der Waals surface area contributed by atoms with Crippen molar-refractivity contribution in [1.29, 1.82) is 0 Å². The Kier molecular flexibility index (Phi) is 2.83. The van der Waals surface area contributed by atoms with Crippen LogP contribution in [0.25, 0.3) is 0 Å². The van der Waals surface area contributed by atoms with Crippen molar-refractivity contribution in [3.63, 3.8) is 0 Å². The summed E-state index contributed by atoms with van der Waals surface area (Å²) in [7, 11) is 0. The predicted octanol–water partition coefficient (Wildman–Crippen LogP) is 1.43. The van der Waals surface area contributed by atoms with Crippen molar-refractivity contribution in [3.05, 3.63) is 34.6 Å². The first kappa shape index (κ1) is 11.6. The topological polar surface area (TPSA) is 57.6 Å². The first-order valence-electron chi connectivity index (χ1n) is 5.29. The van der Waals surface area contributed by atoms with Gasteiger partial charge in [0.15, 0.2) is 0 Å². The van der Waals surface area contributed by atoms with Crippen molar-refractivity contribution in [1.82, 2.24) is 4.90 Å². The average Bonchev–Trinajstić information content (AvgIpc) is 2.27. The third-order valence-electron chi connectivity index (χ3n) is 3.02. The van der Waals surface area contributed by atoms with Gasteiger partial charge in [0, 0.05) is 20.0 Å². The number of carbonyl (C=O) groups excluding carboxylic acids is 1. The molecule has 0 bridgehead atoms. The maximum absolute atomic E-state index is 13.5. The Bertz CT molecular complexity index is 499. The molecule has 0 aliphatic carbocycles. The molecule has 1 amide bonds. The smallest absolute Gasteiger partial charge is 0.339 e. The first-order valence-corrected chi connectivity index (χ1v) is 5.29. The summed E-state index contributed by atoms with van der Waals surface area (Å²) in [6, 6.07) is 2.76. The van der Waals surface area contributed by atoms with E-state index in [9.17, 15) is 14.0 Å². The van der Waals surface area contributed by atoms with E-state index in [1.54, 1.807) is 6.07 Å². The predicted molar refractivity (Wildman–Crippen MR) is 58.2 cm³/mol. The monoisotopic (exact) mass is 237 g/mol. The van der Waals surface area contributed by atoms with Crippen molar-refractivity contribution in [2.45, 2.75) is 19.9 Å². The molecule has 1 aromatic carbocycles. The lowest BCUT2D eigenvalue weighted by atomic mass is 9.94. The molecular formula is C12H12FNO3. The van der Waals surface area contributed by atoms with Gasteiger partial charge < -0.3 is 10.0 Å². The van der Waals surface area contributed by atoms with E-state index in [-0.39, 0.29) is 18.0 Å². The van der Waals surface area contributed by atoms with Gasteiger partial charge in [-0.25, -0.2) is 9.18 Å². The van der Waals surface area contributed by atoms with Crippen LogP contribution in [-0.4, -0.2) is 28.4 Å². The maximum Gasteiger partial charge on any atom is 0.339 e. The second-order valence-electron chi connectivity index (χ2n) is 4.06. The molecule has 0 atom stereocenters. The molecule has 0 unspecified atom stereocenters. The van der Waals surface area contributed by atoms with Crippen LogP contribution < -0.4 is 0 Å². The summed E-state index contributed by atoms with van der Waals surface area (Å²) in [4.78, 5) is 23.8. The fourth-order valence-corrected chi connectivity index (χ4v) is 2.10. The highest BCUT2D eigenvalue weighted by Crippen LogP contribution is 2.25.